The van der Waals surface area contributed by atoms with Crippen LogP contribution in [0.5, 0.6) is 0 Å². The van der Waals surface area contributed by atoms with Crippen molar-refractivity contribution in [1.29, 1.82) is 0 Å². The predicted octanol–water partition coefficient (Wildman–Crippen LogP) is 4.47. The molecule has 9 nitrogen and oxygen atoms in total. The van der Waals surface area contributed by atoms with Crippen LogP contribution in [-0.2, 0) is 0 Å². The highest BCUT2D eigenvalue weighted by Gasteiger charge is 2.18. The van der Waals surface area contributed by atoms with Crippen LogP contribution in [-0.4, -0.2) is 21.0 Å². The molecule has 0 unspecified atom stereocenters. The average molecular weight is 390 g/mol. The molecule has 0 saturated carbocycles. The van der Waals surface area contributed by atoms with Crippen LogP contribution in [0, 0.1) is 17.0 Å². The average Bonchev–Trinajstić information content (AvgIpc) is 3.40. The van der Waals surface area contributed by atoms with Crippen LogP contribution in [0.1, 0.15) is 15.9 Å². The number of benzene rings is 2. The fraction of sp³-hybridized carbons (Fsp3) is 0.0500. The van der Waals surface area contributed by atoms with Gasteiger partial charge in [-0.25, -0.2) is 0 Å². The third-order valence-electron chi connectivity index (χ3n) is 4.23. The highest BCUT2D eigenvalue weighted by molar-refractivity contribution is 6.06. The first kappa shape index (κ1) is 18.1. The third kappa shape index (κ3) is 3.61. The summed E-state index contributed by atoms with van der Waals surface area (Å²) in [7, 11) is 0. The number of nitro groups is 1. The van der Waals surface area contributed by atoms with E-state index in [2.05, 4.69) is 15.5 Å². The van der Waals surface area contributed by atoms with E-state index in [-0.39, 0.29) is 17.4 Å². The lowest BCUT2D eigenvalue weighted by Crippen LogP contribution is -2.13. The quantitative estimate of drug-likeness (QED) is 0.394. The number of anilines is 1. The molecule has 0 aliphatic carbocycles. The summed E-state index contributed by atoms with van der Waals surface area (Å²) in [6.45, 7) is 1.58. The standard InChI is InChI=1S/C20H14N4O5/c1-12-11-13(8-9-16(12)24(26)27)19(25)21-15-6-3-2-5-14(15)20-22-18(23-29-20)17-7-4-10-28-17/h2-11H,1H3,(H,21,25). The molecule has 0 spiro atoms. The van der Waals surface area contributed by atoms with Gasteiger partial charge in [-0.1, -0.05) is 17.3 Å². The molecule has 4 rings (SSSR count). The summed E-state index contributed by atoms with van der Waals surface area (Å²) in [6.07, 6.45) is 1.51. The Labute approximate surface area is 164 Å². The van der Waals surface area contributed by atoms with Gasteiger partial charge in [0.2, 0.25) is 5.82 Å². The minimum atomic E-state index is -0.488. The van der Waals surface area contributed by atoms with Gasteiger partial charge in [0, 0.05) is 17.2 Å². The van der Waals surface area contributed by atoms with Gasteiger partial charge in [-0.15, -0.1) is 0 Å². The molecule has 0 atom stereocenters. The number of hydrogen-bond acceptors (Lipinski definition) is 7. The van der Waals surface area contributed by atoms with Crippen LogP contribution in [0.25, 0.3) is 23.0 Å². The molecule has 0 saturated heterocycles. The summed E-state index contributed by atoms with van der Waals surface area (Å²) in [4.78, 5) is 27.4. The largest absolute Gasteiger partial charge is 0.461 e. The van der Waals surface area contributed by atoms with Crippen LogP contribution in [0.2, 0.25) is 0 Å². The van der Waals surface area contributed by atoms with E-state index < -0.39 is 10.8 Å². The van der Waals surface area contributed by atoms with Gasteiger partial charge in [0.25, 0.3) is 17.5 Å². The van der Waals surface area contributed by atoms with Crippen molar-refractivity contribution in [3.63, 3.8) is 0 Å². The fourth-order valence-electron chi connectivity index (χ4n) is 2.81. The summed E-state index contributed by atoms with van der Waals surface area (Å²) < 4.78 is 10.6. The lowest BCUT2D eigenvalue weighted by molar-refractivity contribution is -0.385. The molecule has 1 amide bonds. The SMILES string of the molecule is Cc1cc(C(=O)Nc2ccccc2-c2nc(-c3ccco3)no2)ccc1[N+](=O)[O-]. The maximum absolute atomic E-state index is 12.7. The van der Waals surface area contributed by atoms with E-state index in [4.69, 9.17) is 8.94 Å². The van der Waals surface area contributed by atoms with Crippen molar-refractivity contribution in [2.75, 3.05) is 5.32 Å². The molecule has 2 heterocycles. The van der Waals surface area contributed by atoms with Crippen molar-refractivity contribution >= 4 is 17.3 Å². The van der Waals surface area contributed by atoms with Gasteiger partial charge in [0.1, 0.15) is 0 Å². The van der Waals surface area contributed by atoms with Crippen molar-refractivity contribution in [1.82, 2.24) is 10.1 Å². The molecule has 1 N–H and O–H groups in total. The van der Waals surface area contributed by atoms with Crippen LogP contribution in [0.15, 0.2) is 69.8 Å². The summed E-state index contributed by atoms with van der Waals surface area (Å²) in [5.41, 5.74) is 1.65. The second-order valence-electron chi connectivity index (χ2n) is 6.16. The second-order valence-corrected chi connectivity index (χ2v) is 6.16. The van der Waals surface area contributed by atoms with E-state index in [0.717, 1.165) is 0 Å². The van der Waals surface area contributed by atoms with Crippen molar-refractivity contribution in [2.24, 2.45) is 0 Å². The molecule has 29 heavy (non-hydrogen) atoms. The number of carbonyl (C=O) groups is 1. The number of carbonyl (C=O) groups excluding carboxylic acids is 1. The van der Waals surface area contributed by atoms with Gasteiger partial charge in [0.15, 0.2) is 5.76 Å². The van der Waals surface area contributed by atoms with Gasteiger partial charge in [-0.05, 0) is 43.3 Å². The van der Waals surface area contributed by atoms with Crippen LogP contribution < -0.4 is 5.32 Å². The zero-order valence-corrected chi connectivity index (χ0v) is 15.2. The molecule has 2 aromatic heterocycles. The molecule has 0 aliphatic heterocycles. The minimum Gasteiger partial charge on any atom is -0.461 e. The molecule has 0 radical (unpaired) electrons. The Kier molecular flexibility index (Phi) is 4.62. The van der Waals surface area contributed by atoms with Crippen LogP contribution in [0.3, 0.4) is 0 Å². The maximum Gasteiger partial charge on any atom is 0.272 e. The van der Waals surface area contributed by atoms with E-state index in [1.165, 1.54) is 24.5 Å². The van der Waals surface area contributed by atoms with Gasteiger partial charge in [-0.3, -0.25) is 14.9 Å². The number of para-hydroxylation sites is 1. The van der Waals surface area contributed by atoms with Gasteiger partial charge in [-0.2, -0.15) is 4.98 Å². The van der Waals surface area contributed by atoms with Gasteiger partial charge < -0.3 is 14.3 Å². The van der Waals surface area contributed by atoms with E-state index in [1.807, 2.05) is 0 Å². The number of hydrogen-bond donors (Lipinski definition) is 1. The van der Waals surface area contributed by atoms with Crippen molar-refractivity contribution in [3.05, 3.63) is 82.1 Å². The Morgan fingerprint density at radius 2 is 1.97 bits per heavy atom. The highest BCUT2D eigenvalue weighted by Crippen LogP contribution is 2.29. The first-order chi connectivity index (χ1) is 14.0. The van der Waals surface area contributed by atoms with Crippen molar-refractivity contribution in [2.45, 2.75) is 6.92 Å². The Balaban J connectivity index is 1.61. The maximum atomic E-state index is 12.7. The number of aromatic nitrogens is 2. The smallest absolute Gasteiger partial charge is 0.272 e. The number of amides is 1. The van der Waals surface area contributed by atoms with Gasteiger partial charge in [0.05, 0.1) is 22.4 Å². The molecule has 4 aromatic rings. The van der Waals surface area contributed by atoms with E-state index in [0.29, 0.717) is 28.1 Å². The highest BCUT2D eigenvalue weighted by atomic mass is 16.6. The number of nitrogens with zero attached hydrogens (tertiary/aromatic N) is 3. The Hall–Kier alpha value is -4.27. The van der Waals surface area contributed by atoms with Crippen LogP contribution in [0.4, 0.5) is 11.4 Å². The first-order valence-corrected chi connectivity index (χ1v) is 8.56. The normalized spacial score (nSPS) is 10.7. The summed E-state index contributed by atoms with van der Waals surface area (Å²) in [5.74, 6) is 0.549. The minimum absolute atomic E-state index is 0.0433. The fourth-order valence-corrected chi connectivity index (χ4v) is 2.81. The summed E-state index contributed by atoms with van der Waals surface area (Å²) in [6, 6.07) is 14.6. The molecule has 2 aromatic carbocycles. The molecule has 9 heteroatoms. The summed E-state index contributed by atoms with van der Waals surface area (Å²) >= 11 is 0. The third-order valence-corrected chi connectivity index (χ3v) is 4.23. The summed E-state index contributed by atoms with van der Waals surface area (Å²) in [5, 5.41) is 17.6. The molecule has 0 fully saturated rings. The number of furan rings is 1. The molecule has 0 aliphatic rings. The monoisotopic (exact) mass is 390 g/mol. The zero-order valence-electron chi connectivity index (χ0n) is 15.2. The Bertz CT molecular complexity index is 1200. The van der Waals surface area contributed by atoms with E-state index in [1.54, 1.807) is 43.3 Å². The lowest BCUT2D eigenvalue weighted by Gasteiger charge is -2.09. The molecule has 144 valence electrons. The van der Waals surface area contributed by atoms with Crippen molar-refractivity contribution in [3.8, 4) is 23.0 Å². The molecule has 0 bridgehead atoms. The number of aryl methyl sites for hydroxylation is 1. The topological polar surface area (TPSA) is 124 Å². The molecular weight excluding hydrogens is 376 g/mol. The number of rotatable bonds is 5. The lowest BCUT2D eigenvalue weighted by atomic mass is 10.1. The van der Waals surface area contributed by atoms with E-state index in [9.17, 15) is 14.9 Å². The van der Waals surface area contributed by atoms with Crippen LogP contribution >= 0.6 is 0 Å². The van der Waals surface area contributed by atoms with Crippen molar-refractivity contribution < 1.29 is 18.7 Å². The predicted molar refractivity (Wildman–Crippen MR) is 103 cm³/mol. The van der Waals surface area contributed by atoms with Gasteiger partial charge >= 0.3 is 0 Å². The zero-order chi connectivity index (χ0) is 20.4. The first-order valence-electron chi connectivity index (χ1n) is 8.56. The second kappa shape index (κ2) is 7.39. The Morgan fingerprint density at radius 3 is 2.69 bits per heavy atom. The number of nitrogens with one attached hydrogen (secondary N) is 1. The molecular formula is C20H14N4O5. The van der Waals surface area contributed by atoms with E-state index >= 15 is 0 Å². The number of nitro benzene ring substituents is 1. The Morgan fingerprint density at radius 1 is 1.14 bits per heavy atom.